The lowest BCUT2D eigenvalue weighted by Gasteiger charge is -2.15. The largest absolute Gasteiger partial charge is 0.349 e. The molecule has 1 aromatic carbocycles. The van der Waals surface area contributed by atoms with Crippen molar-refractivity contribution < 1.29 is 13.6 Å². The van der Waals surface area contributed by atoms with Gasteiger partial charge in [0.25, 0.3) is 0 Å². The zero-order valence-electron chi connectivity index (χ0n) is 13.1. The summed E-state index contributed by atoms with van der Waals surface area (Å²) in [7, 11) is 0. The Balaban J connectivity index is 1.93. The van der Waals surface area contributed by atoms with Crippen molar-refractivity contribution in [2.24, 2.45) is 0 Å². The number of rotatable bonds is 5. The van der Waals surface area contributed by atoms with Crippen LogP contribution in [0.25, 0.3) is 0 Å². The highest BCUT2D eigenvalue weighted by atomic mass is 32.2. The Hall–Kier alpha value is -2.02. The number of amides is 1. The number of benzene rings is 1. The highest BCUT2D eigenvalue weighted by Crippen LogP contribution is 2.19. The van der Waals surface area contributed by atoms with E-state index in [1.807, 2.05) is 19.9 Å². The molecule has 0 fully saturated rings. The molecule has 0 aliphatic rings. The van der Waals surface area contributed by atoms with Crippen LogP contribution in [0.2, 0.25) is 0 Å². The van der Waals surface area contributed by atoms with Crippen molar-refractivity contribution in [2.75, 3.05) is 5.75 Å². The lowest BCUT2D eigenvalue weighted by Crippen LogP contribution is -2.28. The fourth-order valence-electron chi connectivity index (χ4n) is 2.10. The minimum absolute atomic E-state index is 0.121. The van der Waals surface area contributed by atoms with Crippen LogP contribution in [0.15, 0.2) is 29.4 Å². The molecule has 0 saturated heterocycles. The van der Waals surface area contributed by atoms with Crippen LogP contribution < -0.4 is 5.32 Å². The van der Waals surface area contributed by atoms with Crippen LogP contribution in [-0.2, 0) is 4.79 Å². The van der Waals surface area contributed by atoms with Crippen molar-refractivity contribution in [3.05, 3.63) is 52.9 Å². The predicted octanol–water partition coefficient (Wildman–Crippen LogP) is 3.34. The maximum atomic E-state index is 13.7. The molecule has 0 aliphatic carbocycles. The molecular formula is C16H17F2N3OS. The number of halogens is 2. The first-order valence-corrected chi connectivity index (χ1v) is 8.03. The molecule has 1 heterocycles. The number of aromatic nitrogens is 2. The van der Waals surface area contributed by atoms with E-state index in [2.05, 4.69) is 15.3 Å². The molecule has 23 heavy (non-hydrogen) atoms. The molecule has 4 nitrogen and oxygen atoms in total. The van der Waals surface area contributed by atoms with Gasteiger partial charge in [0.1, 0.15) is 11.6 Å². The summed E-state index contributed by atoms with van der Waals surface area (Å²) in [5.41, 5.74) is 1.91. The average molecular weight is 337 g/mol. The minimum atomic E-state index is -0.678. The first kappa shape index (κ1) is 17.3. The van der Waals surface area contributed by atoms with Crippen molar-refractivity contribution in [1.29, 1.82) is 0 Å². The predicted molar refractivity (Wildman–Crippen MR) is 85.1 cm³/mol. The number of nitrogens with one attached hydrogen (secondary N) is 1. The van der Waals surface area contributed by atoms with Crippen molar-refractivity contribution >= 4 is 17.7 Å². The van der Waals surface area contributed by atoms with Crippen molar-refractivity contribution in [3.8, 4) is 0 Å². The van der Waals surface area contributed by atoms with E-state index in [-0.39, 0.29) is 17.2 Å². The average Bonchev–Trinajstić information content (AvgIpc) is 2.44. The van der Waals surface area contributed by atoms with Gasteiger partial charge >= 0.3 is 0 Å². The lowest BCUT2D eigenvalue weighted by molar-refractivity contribution is -0.119. The molecule has 0 saturated carbocycles. The lowest BCUT2D eigenvalue weighted by atomic mass is 10.1. The highest BCUT2D eigenvalue weighted by Gasteiger charge is 2.15. The molecule has 2 rings (SSSR count). The van der Waals surface area contributed by atoms with Crippen molar-refractivity contribution in [3.63, 3.8) is 0 Å². The Bertz CT molecular complexity index is 704. The monoisotopic (exact) mass is 337 g/mol. The summed E-state index contributed by atoms with van der Waals surface area (Å²) in [5, 5.41) is 3.20. The van der Waals surface area contributed by atoms with Gasteiger partial charge in [-0.25, -0.2) is 18.7 Å². The van der Waals surface area contributed by atoms with Gasteiger partial charge in [0, 0.05) is 23.0 Å². The zero-order valence-corrected chi connectivity index (χ0v) is 13.9. The van der Waals surface area contributed by atoms with Crippen LogP contribution in [0, 0.1) is 25.5 Å². The summed E-state index contributed by atoms with van der Waals surface area (Å²) in [6, 6.07) is 4.60. The fraction of sp³-hybridized carbons (Fsp3) is 0.312. The summed E-state index contributed by atoms with van der Waals surface area (Å²) < 4.78 is 26.6. The van der Waals surface area contributed by atoms with Gasteiger partial charge in [0.15, 0.2) is 5.16 Å². The normalized spacial score (nSPS) is 12.0. The fourth-order valence-corrected chi connectivity index (χ4v) is 2.86. The maximum Gasteiger partial charge on any atom is 0.230 e. The van der Waals surface area contributed by atoms with Crippen LogP contribution in [0.5, 0.6) is 0 Å². The number of carbonyl (C=O) groups excluding carboxylic acids is 1. The Kier molecular flexibility index (Phi) is 5.65. The van der Waals surface area contributed by atoms with Gasteiger partial charge in [-0.3, -0.25) is 4.79 Å². The topological polar surface area (TPSA) is 54.9 Å². The number of carbonyl (C=O) groups is 1. The Morgan fingerprint density at radius 2 is 1.87 bits per heavy atom. The third kappa shape index (κ3) is 4.99. The SMILES string of the molecule is Cc1cc(C)nc(SCC(=O)NC(C)c2ccc(F)cc2F)n1. The highest BCUT2D eigenvalue weighted by molar-refractivity contribution is 7.99. The van der Waals surface area contributed by atoms with Crippen molar-refractivity contribution in [2.45, 2.75) is 32.0 Å². The molecule has 7 heteroatoms. The van der Waals surface area contributed by atoms with E-state index >= 15 is 0 Å². The van der Waals surface area contributed by atoms with Crippen molar-refractivity contribution in [1.82, 2.24) is 15.3 Å². The van der Waals surface area contributed by atoms with E-state index in [9.17, 15) is 13.6 Å². The second kappa shape index (κ2) is 7.50. The Morgan fingerprint density at radius 3 is 2.48 bits per heavy atom. The third-order valence-electron chi connectivity index (χ3n) is 3.10. The summed E-state index contributed by atoms with van der Waals surface area (Å²) in [6.45, 7) is 5.36. The van der Waals surface area contributed by atoms with Gasteiger partial charge in [-0.05, 0) is 32.9 Å². The molecule has 0 spiro atoms. The molecule has 0 aliphatic heterocycles. The molecule has 1 aromatic heterocycles. The molecule has 0 bridgehead atoms. The Labute approximate surface area is 137 Å². The molecule has 1 N–H and O–H groups in total. The van der Waals surface area contributed by atoms with E-state index in [1.165, 1.54) is 23.9 Å². The molecule has 1 amide bonds. The van der Waals surface area contributed by atoms with E-state index < -0.39 is 17.7 Å². The van der Waals surface area contributed by atoms with Gasteiger partial charge in [-0.2, -0.15) is 0 Å². The number of hydrogen-bond donors (Lipinski definition) is 1. The zero-order chi connectivity index (χ0) is 17.0. The minimum Gasteiger partial charge on any atom is -0.349 e. The second-order valence-electron chi connectivity index (χ2n) is 5.18. The smallest absolute Gasteiger partial charge is 0.230 e. The van der Waals surface area contributed by atoms with E-state index in [1.54, 1.807) is 6.92 Å². The summed E-state index contributed by atoms with van der Waals surface area (Å²) in [6.07, 6.45) is 0. The van der Waals surface area contributed by atoms with Crippen LogP contribution in [0.3, 0.4) is 0 Å². The number of thioether (sulfide) groups is 1. The summed E-state index contributed by atoms with van der Waals surface area (Å²) in [4.78, 5) is 20.4. The first-order chi connectivity index (χ1) is 10.8. The third-order valence-corrected chi connectivity index (χ3v) is 3.95. The summed E-state index contributed by atoms with van der Waals surface area (Å²) in [5.74, 6) is -1.47. The van der Waals surface area contributed by atoms with Gasteiger partial charge in [0.05, 0.1) is 11.8 Å². The van der Waals surface area contributed by atoms with Crippen LogP contribution in [-0.4, -0.2) is 21.6 Å². The van der Waals surface area contributed by atoms with E-state index in [4.69, 9.17) is 0 Å². The van der Waals surface area contributed by atoms with Crippen LogP contribution >= 0.6 is 11.8 Å². The second-order valence-corrected chi connectivity index (χ2v) is 6.12. The molecule has 122 valence electrons. The Morgan fingerprint density at radius 1 is 1.22 bits per heavy atom. The molecule has 1 unspecified atom stereocenters. The maximum absolute atomic E-state index is 13.7. The number of aryl methyl sites for hydroxylation is 2. The number of nitrogens with zero attached hydrogens (tertiary/aromatic N) is 2. The first-order valence-electron chi connectivity index (χ1n) is 7.04. The van der Waals surface area contributed by atoms with Gasteiger partial charge in [-0.1, -0.05) is 17.8 Å². The molecule has 0 radical (unpaired) electrons. The van der Waals surface area contributed by atoms with Gasteiger partial charge in [0.2, 0.25) is 5.91 Å². The molecule has 2 aromatic rings. The van der Waals surface area contributed by atoms with Gasteiger partial charge in [-0.15, -0.1) is 0 Å². The standard InChI is InChI=1S/C16H17F2N3OS/c1-9-6-10(2)20-16(19-9)23-8-15(22)21-11(3)13-5-4-12(17)7-14(13)18/h4-7,11H,8H2,1-3H3,(H,21,22). The van der Waals surface area contributed by atoms with Crippen LogP contribution in [0.1, 0.15) is 29.9 Å². The summed E-state index contributed by atoms with van der Waals surface area (Å²) >= 11 is 1.21. The van der Waals surface area contributed by atoms with Crippen LogP contribution in [0.4, 0.5) is 8.78 Å². The molecule has 1 atom stereocenters. The quantitative estimate of drug-likeness (QED) is 0.671. The molecular weight excluding hydrogens is 320 g/mol. The van der Waals surface area contributed by atoms with Gasteiger partial charge < -0.3 is 5.32 Å². The number of hydrogen-bond acceptors (Lipinski definition) is 4. The van der Waals surface area contributed by atoms with E-state index in [0.29, 0.717) is 5.16 Å². The van der Waals surface area contributed by atoms with E-state index in [0.717, 1.165) is 17.5 Å².